The van der Waals surface area contributed by atoms with Crippen LogP contribution in [-0.4, -0.2) is 21.4 Å². The summed E-state index contributed by atoms with van der Waals surface area (Å²) in [6, 6.07) is 14.7. The molecule has 26 heavy (non-hydrogen) atoms. The summed E-state index contributed by atoms with van der Waals surface area (Å²) in [5.74, 6) is 0.304. The van der Waals surface area contributed by atoms with Gasteiger partial charge in [-0.1, -0.05) is 24.3 Å². The molecule has 3 aromatic rings. The predicted octanol–water partition coefficient (Wildman–Crippen LogP) is 4.23. The molecule has 1 aliphatic heterocycles. The fraction of sp³-hybridized carbons (Fsp3) is 0.238. The number of aromatic nitrogens is 2. The second kappa shape index (κ2) is 7.22. The number of hydrogen-bond acceptors (Lipinski definition) is 4. The minimum absolute atomic E-state index is 0.254. The van der Waals surface area contributed by atoms with E-state index in [1.807, 2.05) is 6.20 Å². The van der Waals surface area contributed by atoms with E-state index in [-0.39, 0.29) is 5.82 Å². The van der Waals surface area contributed by atoms with Gasteiger partial charge in [-0.3, -0.25) is 4.90 Å². The summed E-state index contributed by atoms with van der Waals surface area (Å²) in [4.78, 5) is 11.5. The lowest BCUT2D eigenvalue weighted by molar-refractivity contribution is 0.242. The third-order valence-corrected chi connectivity index (χ3v) is 4.77. The highest BCUT2D eigenvalue weighted by Gasteiger charge is 2.19. The van der Waals surface area contributed by atoms with Crippen molar-refractivity contribution in [3.05, 3.63) is 82.9 Å². The van der Waals surface area contributed by atoms with Crippen LogP contribution in [-0.2, 0) is 19.5 Å². The lowest BCUT2D eigenvalue weighted by Crippen LogP contribution is -2.31. The molecule has 0 aliphatic carbocycles. The molecule has 2 heterocycles. The number of benzene rings is 2. The van der Waals surface area contributed by atoms with Crippen LogP contribution in [0.4, 0.5) is 16.0 Å². The molecule has 132 valence electrons. The highest BCUT2D eigenvalue weighted by atomic mass is 19.1. The lowest BCUT2D eigenvalue weighted by Gasteiger charge is -2.28. The van der Waals surface area contributed by atoms with E-state index >= 15 is 0 Å². The normalized spacial score (nSPS) is 14.1. The number of rotatable bonds is 4. The zero-order valence-corrected chi connectivity index (χ0v) is 14.7. The number of anilines is 2. The molecule has 0 atom stereocenters. The molecule has 1 aromatic heterocycles. The number of halogens is 1. The molecule has 1 aliphatic rings. The standard InChI is InChI=1S/C21H21FN4/c1-15-4-2-3-5-16(15)13-26-11-10-20-17(14-26)12-23-21(25-20)24-19-8-6-18(22)7-9-19/h2-9,12H,10-11,13-14H2,1H3,(H,23,24,25). The Morgan fingerprint density at radius 3 is 2.73 bits per heavy atom. The van der Waals surface area contributed by atoms with Crippen LogP contribution in [0.1, 0.15) is 22.4 Å². The van der Waals surface area contributed by atoms with Crippen molar-refractivity contribution in [2.24, 2.45) is 0 Å². The van der Waals surface area contributed by atoms with Gasteiger partial charge in [0.2, 0.25) is 5.95 Å². The quantitative estimate of drug-likeness (QED) is 0.766. The van der Waals surface area contributed by atoms with E-state index in [9.17, 15) is 4.39 Å². The summed E-state index contributed by atoms with van der Waals surface area (Å²) >= 11 is 0. The van der Waals surface area contributed by atoms with Gasteiger partial charge < -0.3 is 5.32 Å². The van der Waals surface area contributed by atoms with Gasteiger partial charge in [0.05, 0.1) is 5.69 Å². The molecule has 2 aromatic carbocycles. The van der Waals surface area contributed by atoms with Gasteiger partial charge in [-0.25, -0.2) is 14.4 Å². The molecule has 0 fully saturated rings. The Bertz CT molecular complexity index is 908. The van der Waals surface area contributed by atoms with Crippen molar-refractivity contribution < 1.29 is 4.39 Å². The molecule has 4 nitrogen and oxygen atoms in total. The summed E-state index contributed by atoms with van der Waals surface area (Å²) in [6.45, 7) is 4.94. The molecule has 4 rings (SSSR count). The van der Waals surface area contributed by atoms with Crippen molar-refractivity contribution in [2.75, 3.05) is 11.9 Å². The van der Waals surface area contributed by atoms with E-state index in [0.29, 0.717) is 5.95 Å². The Morgan fingerprint density at radius 1 is 1.12 bits per heavy atom. The molecule has 0 radical (unpaired) electrons. The SMILES string of the molecule is Cc1ccccc1CN1CCc2nc(Nc3ccc(F)cc3)ncc2C1. The molecule has 0 bridgehead atoms. The predicted molar refractivity (Wildman–Crippen MR) is 101 cm³/mol. The van der Waals surface area contributed by atoms with Crippen molar-refractivity contribution in [1.82, 2.24) is 14.9 Å². The number of hydrogen-bond donors (Lipinski definition) is 1. The highest BCUT2D eigenvalue weighted by molar-refractivity contribution is 5.53. The van der Waals surface area contributed by atoms with Crippen LogP contribution < -0.4 is 5.32 Å². The summed E-state index contributed by atoms with van der Waals surface area (Å²) in [6.07, 6.45) is 2.81. The Labute approximate surface area is 152 Å². The number of aryl methyl sites for hydroxylation is 1. The Morgan fingerprint density at radius 2 is 1.92 bits per heavy atom. The molecule has 0 unspecified atom stereocenters. The second-order valence-corrected chi connectivity index (χ2v) is 6.68. The van der Waals surface area contributed by atoms with Crippen LogP contribution in [0.2, 0.25) is 0 Å². The van der Waals surface area contributed by atoms with Crippen LogP contribution in [0.3, 0.4) is 0 Å². The van der Waals surface area contributed by atoms with Crippen molar-refractivity contribution in [3.63, 3.8) is 0 Å². The molecule has 0 saturated carbocycles. The minimum Gasteiger partial charge on any atom is -0.324 e. The first kappa shape index (κ1) is 16.7. The number of nitrogens with zero attached hydrogens (tertiary/aromatic N) is 3. The fourth-order valence-corrected chi connectivity index (χ4v) is 3.26. The number of nitrogens with one attached hydrogen (secondary N) is 1. The Kier molecular flexibility index (Phi) is 4.63. The second-order valence-electron chi connectivity index (χ2n) is 6.68. The Hall–Kier alpha value is -2.79. The van der Waals surface area contributed by atoms with E-state index in [1.54, 1.807) is 12.1 Å². The van der Waals surface area contributed by atoms with Gasteiger partial charge >= 0.3 is 0 Å². The summed E-state index contributed by atoms with van der Waals surface area (Å²) in [5, 5.41) is 3.14. The fourth-order valence-electron chi connectivity index (χ4n) is 3.26. The van der Waals surface area contributed by atoms with Gasteiger partial charge in [-0.15, -0.1) is 0 Å². The maximum absolute atomic E-state index is 13.0. The highest BCUT2D eigenvalue weighted by Crippen LogP contribution is 2.22. The largest absolute Gasteiger partial charge is 0.324 e. The van der Waals surface area contributed by atoms with Crippen LogP contribution in [0, 0.1) is 12.7 Å². The smallest absolute Gasteiger partial charge is 0.227 e. The van der Waals surface area contributed by atoms with Gasteiger partial charge in [0.25, 0.3) is 0 Å². The van der Waals surface area contributed by atoms with Crippen molar-refractivity contribution in [3.8, 4) is 0 Å². The van der Waals surface area contributed by atoms with E-state index < -0.39 is 0 Å². The minimum atomic E-state index is -0.254. The summed E-state index contributed by atoms with van der Waals surface area (Å²) < 4.78 is 13.0. The van der Waals surface area contributed by atoms with Crippen LogP contribution in [0.25, 0.3) is 0 Å². The first-order valence-corrected chi connectivity index (χ1v) is 8.81. The average molecular weight is 348 g/mol. The van der Waals surface area contributed by atoms with Crippen molar-refractivity contribution in [2.45, 2.75) is 26.4 Å². The van der Waals surface area contributed by atoms with Crippen LogP contribution in [0.5, 0.6) is 0 Å². The van der Waals surface area contributed by atoms with Crippen molar-refractivity contribution in [1.29, 1.82) is 0 Å². The van der Waals surface area contributed by atoms with Crippen LogP contribution in [0.15, 0.2) is 54.7 Å². The maximum Gasteiger partial charge on any atom is 0.227 e. The first-order valence-electron chi connectivity index (χ1n) is 8.81. The van der Waals surface area contributed by atoms with E-state index in [1.165, 1.54) is 28.8 Å². The first-order chi connectivity index (χ1) is 12.7. The average Bonchev–Trinajstić information content (AvgIpc) is 2.66. The van der Waals surface area contributed by atoms with E-state index in [4.69, 9.17) is 0 Å². The van der Waals surface area contributed by atoms with Gasteiger partial charge in [-0.2, -0.15) is 0 Å². The lowest BCUT2D eigenvalue weighted by atomic mass is 10.0. The monoisotopic (exact) mass is 348 g/mol. The van der Waals surface area contributed by atoms with Gasteiger partial charge in [0, 0.05) is 43.5 Å². The van der Waals surface area contributed by atoms with Crippen LogP contribution >= 0.6 is 0 Å². The molecular formula is C21H21FN4. The molecular weight excluding hydrogens is 327 g/mol. The third-order valence-electron chi connectivity index (χ3n) is 4.77. The molecule has 0 amide bonds. The summed E-state index contributed by atoms with van der Waals surface area (Å²) in [5.41, 5.74) is 5.74. The van der Waals surface area contributed by atoms with Gasteiger partial charge in [0.15, 0.2) is 0 Å². The van der Waals surface area contributed by atoms with Gasteiger partial charge in [0.1, 0.15) is 5.82 Å². The zero-order chi connectivity index (χ0) is 17.9. The third kappa shape index (κ3) is 3.73. The van der Waals surface area contributed by atoms with E-state index in [0.717, 1.165) is 37.4 Å². The molecule has 0 saturated heterocycles. The zero-order valence-electron chi connectivity index (χ0n) is 14.7. The topological polar surface area (TPSA) is 41.1 Å². The van der Waals surface area contributed by atoms with Crippen molar-refractivity contribution >= 4 is 11.6 Å². The Balaban J connectivity index is 1.45. The molecule has 0 spiro atoms. The van der Waals surface area contributed by atoms with Gasteiger partial charge in [-0.05, 0) is 42.3 Å². The molecule has 1 N–H and O–H groups in total. The van der Waals surface area contributed by atoms with E-state index in [2.05, 4.69) is 51.4 Å². The summed E-state index contributed by atoms with van der Waals surface area (Å²) in [7, 11) is 0. The maximum atomic E-state index is 13.0. The molecule has 5 heteroatoms. The number of fused-ring (bicyclic) bond motifs is 1.